The number of primary amides is 1. The van der Waals surface area contributed by atoms with Gasteiger partial charge in [0.15, 0.2) is 11.3 Å². The standard InChI is InChI=1S/C29H29Cl2N7O/c30-19-9-7-18(8-10-19)26-24-25(35-38(26)23-6-2-1-5-22(23)31)27(34-17-33-24)37-20-11-12-21(37)16-29(15-20,28(32)39)36-13-3-4-14-36/h1-2,5-10,17,20-21H,3-4,11-16H2,(H2,32,39). The van der Waals surface area contributed by atoms with Crippen LogP contribution in [0.2, 0.25) is 10.0 Å². The fraction of sp³-hybridized carbons (Fsp3) is 0.379. The highest BCUT2D eigenvalue weighted by atomic mass is 35.5. The number of nitrogens with zero attached hydrogens (tertiary/aromatic N) is 6. The number of fused-ring (bicyclic) bond motifs is 3. The Labute approximate surface area is 236 Å². The van der Waals surface area contributed by atoms with Gasteiger partial charge in [0, 0.05) is 22.7 Å². The monoisotopic (exact) mass is 561 g/mol. The second kappa shape index (κ2) is 9.47. The van der Waals surface area contributed by atoms with Gasteiger partial charge in [-0.05, 0) is 75.9 Å². The number of carbonyl (C=O) groups is 1. The number of rotatable bonds is 5. The summed E-state index contributed by atoms with van der Waals surface area (Å²) in [5, 5.41) is 6.34. The van der Waals surface area contributed by atoms with E-state index in [1.165, 1.54) is 0 Å². The van der Waals surface area contributed by atoms with Crippen LogP contribution < -0.4 is 10.6 Å². The first kappa shape index (κ1) is 24.8. The number of likely N-dealkylation sites (tertiary alicyclic amines) is 1. The number of nitrogens with two attached hydrogens (primary N) is 1. The number of halogens is 2. The molecule has 7 rings (SSSR count). The molecular formula is C29H29Cl2N7O. The van der Waals surface area contributed by atoms with E-state index in [4.69, 9.17) is 44.0 Å². The van der Waals surface area contributed by atoms with E-state index in [-0.39, 0.29) is 18.0 Å². The second-order valence-electron chi connectivity index (χ2n) is 10.9. The van der Waals surface area contributed by atoms with Gasteiger partial charge in [-0.25, -0.2) is 14.6 Å². The van der Waals surface area contributed by atoms with Crippen LogP contribution in [0.15, 0.2) is 54.9 Å². The van der Waals surface area contributed by atoms with Gasteiger partial charge in [0.1, 0.15) is 23.1 Å². The number of amides is 1. The molecule has 3 aliphatic rings. The molecule has 2 unspecified atom stereocenters. The van der Waals surface area contributed by atoms with E-state index in [9.17, 15) is 4.79 Å². The Morgan fingerprint density at radius 1 is 0.923 bits per heavy atom. The molecule has 3 aliphatic heterocycles. The Hall–Kier alpha value is -3.20. The smallest absolute Gasteiger partial charge is 0.238 e. The molecule has 0 aliphatic carbocycles. The Kier molecular flexibility index (Phi) is 6.02. The van der Waals surface area contributed by atoms with Crippen LogP contribution in [0.25, 0.3) is 28.0 Å². The van der Waals surface area contributed by atoms with Crippen molar-refractivity contribution in [1.29, 1.82) is 0 Å². The number of piperidine rings is 1. The molecule has 2 bridgehead atoms. The number of para-hydroxylation sites is 1. The summed E-state index contributed by atoms with van der Waals surface area (Å²) in [6.07, 6.45) is 7.26. The van der Waals surface area contributed by atoms with Crippen molar-refractivity contribution in [3.8, 4) is 16.9 Å². The van der Waals surface area contributed by atoms with Crippen LogP contribution in [-0.4, -0.2) is 61.3 Å². The molecule has 0 saturated carbocycles. The van der Waals surface area contributed by atoms with E-state index in [0.29, 0.717) is 28.4 Å². The predicted molar refractivity (Wildman–Crippen MR) is 153 cm³/mol. The normalized spacial score (nSPS) is 25.0. The predicted octanol–water partition coefficient (Wildman–Crippen LogP) is 5.24. The summed E-state index contributed by atoms with van der Waals surface area (Å²) in [5.41, 5.74) is 9.51. The molecule has 2 N–H and O–H groups in total. The van der Waals surface area contributed by atoms with Crippen molar-refractivity contribution < 1.29 is 4.79 Å². The summed E-state index contributed by atoms with van der Waals surface area (Å²) in [6, 6.07) is 15.6. The quantitative estimate of drug-likeness (QED) is 0.358. The Morgan fingerprint density at radius 2 is 1.62 bits per heavy atom. The van der Waals surface area contributed by atoms with Gasteiger partial charge in [0.05, 0.1) is 10.7 Å². The van der Waals surface area contributed by atoms with Crippen LogP contribution in [0.4, 0.5) is 5.82 Å². The fourth-order valence-electron chi connectivity index (χ4n) is 7.07. The highest BCUT2D eigenvalue weighted by Crippen LogP contribution is 2.47. The molecule has 2 aromatic carbocycles. The molecule has 3 fully saturated rings. The van der Waals surface area contributed by atoms with Gasteiger partial charge in [-0.15, -0.1) is 0 Å². The van der Waals surface area contributed by atoms with Crippen molar-refractivity contribution in [2.75, 3.05) is 18.0 Å². The maximum Gasteiger partial charge on any atom is 0.238 e. The van der Waals surface area contributed by atoms with Gasteiger partial charge < -0.3 is 10.6 Å². The summed E-state index contributed by atoms with van der Waals surface area (Å²) < 4.78 is 1.86. The summed E-state index contributed by atoms with van der Waals surface area (Å²) in [4.78, 5) is 27.2. The molecular weight excluding hydrogens is 533 g/mol. The Morgan fingerprint density at radius 3 is 2.28 bits per heavy atom. The molecule has 0 radical (unpaired) electrons. The van der Waals surface area contributed by atoms with Gasteiger partial charge in [-0.1, -0.05) is 47.5 Å². The lowest BCUT2D eigenvalue weighted by Gasteiger charge is -2.49. The molecule has 1 amide bonds. The zero-order valence-electron chi connectivity index (χ0n) is 21.4. The Balaban J connectivity index is 1.37. The van der Waals surface area contributed by atoms with Crippen LogP contribution in [-0.2, 0) is 4.79 Å². The number of carbonyl (C=O) groups excluding carboxylic acids is 1. The topological polar surface area (TPSA) is 93.2 Å². The first-order chi connectivity index (χ1) is 19.0. The molecule has 200 valence electrons. The zero-order chi connectivity index (χ0) is 26.7. The average molecular weight is 563 g/mol. The minimum atomic E-state index is -0.587. The van der Waals surface area contributed by atoms with Crippen LogP contribution in [0.3, 0.4) is 0 Å². The number of aromatic nitrogens is 4. The molecule has 3 saturated heterocycles. The molecule has 2 atom stereocenters. The number of anilines is 1. The first-order valence-corrected chi connectivity index (χ1v) is 14.3. The van der Waals surface area contributed by atoms with E-state index in [1.54, 1.807) is 6.33 Å². The summed E-state index contributed by atoms with van der Waals surface area (Å²) in [7, 11) is 0. The lowest BCUT2D eigenvalue weighted by atomic mass is 9.80. The van der Waals surface area contributed by atoms with Gasteiger partial charge in [-0.2, -0.15) is 5.10 Å². The lowest BCUT2D eigenvalue weighted by molar-refractivity contribution is -0.132. The minimum absolute atomic E-state index is 0.152. The van der Waals surface area contributed by atoms with E-state index in [0.717, 1.165) is 67.1 Å². The van der Waals surface area contributed by atoms with Crippen molar-refractivity contribution >= 4 is 46.0 Å². The van der Waals surface area contributed by atoms with Crippen molar-refractivity contribution in [3.05, 3.63) is 64.9 Å². The fourth-order valence-corrected chi connectivity index (χ4v) is 7.41. The molecule has 5 heterocycles. The highest BCUT2D eigenvalue weighted by molar-refractivity contribution is 6.32. The van der Waals surface area contributed by atoms with Gasteiger partial charge in [0.25, 0.3) is 0 Å². The van der Waals surface area contributed by atoms with Crippen molar-refractivity contribution in [1.82, 2.24) is 24.6 Å². The van der Waals surface area contributed by atoms with E-state index in [1.807, 2.05) is 53.2 Å². The summed E-state index contributed by atoms with van der Waals surface area (Å²) in [6.45, 7) is 1.87. The maximum atomic E-state index is 13.0. The molecule has 4 aromatic rings. The van der Waals surface area contributed by atoms with Crippen LogP contribution >= 0.6 is 23.2 Å². The van der Waals surface area contributed by atoms with Gasteiger partial charge in [0.2, 0.25) is 5.91 Å². The van der Waals surface area contributed by atoms with E-state index in [2.05, 4.69) is 9.80 Å². The summed E-state index contributed by atoms with van der Waals surface area (Å²) in [5.74, 6) is 0.606. The second-order valence-corrected chi connectivity index (χ2v) is 11.7. The van der Waals surface area contributed by atoms with E-state index < -0.39 is 5.54 Å². The Bertz CT molecular complexity index is 1550. The lowest BCUT2D eigenvalue weighted by Crippen LogP contribution is -2.64. The average Bonchev–Trinajstić information content (AvgIpc) is 3.66. The van der Waals surface area contributed by atoms with Crippen LogP contribution in [0, 0.1) is 0 Å². The molecule has 0 spiro atoms. The van der Waals surface area contributed by atoms with Gasteiger partial charge in [-0.3, -0.25) is 9.69 Å². The van der Waals surface area contributed by atoms with E-state index >= 15 is 0 Å². The SMILES string of the molecule is NC(=O)C1(N2CCCC2)CC2CCC(C1)N2c1ncnc2c(-c3ccc(Cl)cc3)n(-c3ccccc3Cl)nc12. The van der Waals surface area contributed by atoms with Crippen LogP contribution in [0.5, 0.6) is 0 Å². The third kappa shape index (κ3) is 3.91. The highest BCUT2D eigenvalue weighted by Gasteiger charge is 2.55. The first-order valence-electron chi connectivity index (χ1n) is 13.5. The third-order valence-corrected chi connectivity index (χ3v) is 9.39. The number of benzene rings is 2. The van der Waals surface area contributed by atoms with Crippen molar-refractivity contribution in [3.63, 3.8) is 0 Å². The maximum absolute atomic E-state index is 13.0. The third-order valence-electron chi connectivity index (χ3n) is 8.82. The molecule has 8 nitrogen and oxygen atoms in total. The molecule has 39 heavy (non-hydrogen) atoms. The van der Waals surface area contributed by atoms with Crippen molar-refractivity contribution in [2.24, 2.45) is 5.73 Å². The zero-order valence-corrected chi connectivity index (χ0v) is 22.9. The number of hydrogen-bond donors (Lipinski definition) is 1. The minimum Gasteiger partial charge on any atom is -0.368 e. The molecule has 10 heteroatoms. The number of hydrogen-bond acceptors (Lipinski definition) is 6. The molecule has 2 aromatic heterocycles. The van der Waals surface area contributed by atoms with Crippen LogP contribution in [0.1, 0.15) is 38.5 Å². The van der Waals surface area contributed by atoms with Crippen molar-refractivity contribution in [2.45, 2.75) is 56.1 Å². The van der Waals surface area contributed by atoms with Gasteiger partial charge >= 0.3 is 0 Å². The largest absolute Gasteiger partial charge is 0.368 e. The summed E-state index contributed by atoms with van der Waals surface area (Å²) >= 11 is 12.9.